The van der Waals surface area contributed by atoms with Gasteiger partial charge in [-0.05, 0) is 58.0 Å². The largest absolute Gasteiger partial charge is 0.357 e. The number of rotatable bonds is 7. The van der Waals surface area contributed by atoms with E-state index in [1.54, 1.807) is 0 Å². The SMILES string of the molecule is CCNC(=NCc1cc(F)ccc1F)NCC(C1CC1)N(C)C. The molecule has 1 aliphatic rings. The maximum Gasteiger partial charge on any atom is 0.191 e. The fourth-order valence-corrected chi connectivity index (χ4v) is 2.62. The third-order valence-corrected chi connectivity index (χ3v) is 4.07. The molecule has 0 heterocycles. The number of hydrogen-bond acceptors (Lipinski definition) is 2. The van der Waals surface area contributed by atoms with E-state index in [1.807, 2.05) is 6.92 Å². The van der Waals surface area contributed by atoms with Crippen molar-refractivity contribution in [3.8, 4) is 0 Å². The van der Waals surface area contributed by atoms with E-state index in [1.165, 1.54) is 18.9 Å². The molecular formula is C17H26F2N4. The van der Waals surface area contributed by atoms with Crippen LogP contribution < -0.4 is 10.6 Å². The van der Waals surface area contributed by atoms with Crippen LogP contribution in [-0.2, 0) is 6.54 Å². The molecule has 1 saturated carbocycles. The van der Waals surface area contributed by atoms with Crippen molar-refractivity contribution >= 4 is 5.96 Å². The number of benzene rings is 1. The number of likely N-dealkylation sites (N-methyl/N-ethyl adjacent to an activating group) is 1. The Morgan fingerprint density at radius 1 is 1.30 bits per heavy atom. The van der Waals surface area contributed by atoms with Crippen LogP contribution in [0.4, 0.5) is 8.78 Å². The minimum absolute atomic E-state index is 0.106. The summed E-state index contributed by atoms with van der Waals surface area (Å²) in [6.45, 7) is 3.59. The van der Waals surface area contributed by atoms with E-state index in [0.29, 0.717) is 18.5 Å². The fraction of sp³-hybridized carbons (Fsp3) is 0.588. The Morgan fingerprint density at radius 3 is 2.65 bits per heavy atom. The van der Waals surface area contributed by atoms with Gasteiger partial charge in [-0.25, -0.2) is 13.8 Å². The zero-order chi connectivity index (χ0) is 16.8. The summed E-state index contributed by atoms with van der Waals surface area (Å²) in [6, 6.07) is 3.90. The summed E-state index contributed by atoms with van der Waals surface area (Å²) in [5.41, 5.74) is 0.258. The molecule has 2 N–H and O–H groups in total. The first kappa shape index (κ1) is 17.7. The molecule has 6 heteroatoms. The highest BCUT2D eigenvalue weighted by Crippen LogP contribution is 2.34. The second-order valence-electron chi connectivity index (χ2n) is 6.18. The third-order valence-electron chi connectivity index (χ3n) is 4.07. The average molecular weight is 324 g/mol. The highest BCUT2D eigenvalue weighted by molar-refractivity contribution is 5.79. The van der Waals surface area contributed by atoms with Gasteiger partial charge in [0.25, 0.3) is 0 Å². The lowest BCUT2D eigenvalue weighted by Crippen LogP contribution is -2.46. The van der Waals surface area contributed by atoms with Crippen molar-refractivity contribution in [1.29, 1.82) is 0 Å². The van der Waals surface area contributed by atoms with Gasteiger partial charge in [0.15, 0.2) is 5.96 Å². The van der Waals surface area contributed by atoms with Gasteiger partial charge in [0.2, 0.25) is 0 Å². The van der Waals surface area contributed by atoms with Crippen molar-refractivity contribution in [2.45, 2.75) is 32.4 Å². The van der Waals surface area contributed by atoms with Crippen molar-refractivity contribution in [2.24, 2.45) is 10.9 Å². The maximum atomic E-state index is 13.7. The molecular weight excluding hydrogens is 298 g/mol. The Hall–Kier alpha value is -1.69. The Morgan fingerprint density at radius 2 is 2.04 bits per heavy atom. The van der Waals surface area contributed by atoms with Crippen LogP contribution in [0.15, 0.2) is 23.2 Å². The van der Waals surface area contributed by atoms with Crippen LogP contribution in [0.1, 0.15) is 25.3 Å². The fourth-order valence-electron chi connectivity index (χ4n) is 2.62. The van der Waals surface area contributed by atoms with Crippen LogP contribution in [0.25, 0.3) is 0 Å². The van der Waals surface area contributed by atoms with Crippen molar-refractivity contribution < 1.29 is 8.78 Å². The van der Waals surface area contributed by atoms with E-state index in [-0.39, 0.29) is 12.1 Å². The lowest BCUT2D eigenvalue weighted by atomic mass is 10.1. The smallest absolute Gasteiger partial charge is 0.191 e. The van der Waals surface area contributed by atoms with Gasteiger partial charge in [-0.3, -0.25) is 0 Å². The molecule has 1 aliphatic carbocycles. The average Bonchev–Trinajstić information content (AvgIpc) is 3.32. The normalized spacial score (nSPS) is 16.5. The number of hydrogen-bond donors (Lipinski definition) is 2. The highest BCUT2D eigenvalue weighted by atomic mass is 19.1. The van der Waals surface area contributed by atoms with Gasteiger partial charge in [0.05, 0.1) is 6.54 Å². The first-order chi connectivity index (χ1) is 11.0. The van der Waals surface area contributed by atoms with Gasteiger partial charge < -0.3 is 15.5 Å². The number of aliphatic imine (C=N–C) groups is 1. The molecule has 1 aromatic carbocycles. The van der Waals surface area contributed by atoms with Crippen molar-refractivity contribution in [3.63, 3.8) is 0 Å². The van der Waals surface area contributed by atoms with Crippen LogP contribution in [0.5, 0.6) is 0 Å². The molecule has 0 aliphatic heterocycles. The van der Waals surface area contributed by atoms with Crippen molar-refractivity contribution in [1.82, 2.24) is 15.5 Å². The van der Waals surface area contributed by atoms with Crippen LogP contribution in [0.3, 0.4) is 0 Å². The molecule has 4 nitrogen and oxygen atoms in total. The molecule has 0 radical (unpaired) electrons. The Bertz CT molecular complexity index is 539. The van der Waals surface area contributed by atoms with Gasteiger partial charge in [-0.15, -0.1) is 0 Å². The molecule has 0 spiro atoms. The number of nitrogens with zero attached hydrogens (tertiary/aromatic N) is 2. The number of nitrogens with one attached hydrogen (secondary N) is 2. The highest BCUT2D eigenvalue weighted by Gasteiger charge is 2.32. The zero-order valence-corrected chi connectivity index (χ0v) is 14.1. The summed E-state index contributed by atoms with van der Waals surface area (Å²) in [5, 5.41) is 6.45. The van der Waals surface area contributed by atoms with E-state index in [2.05, 4.69) is 34.6 Å². The maximum absolute atomic E-state index is 13.7. The number of guanidine groups is 1. The lowest BCUT2D eigenvalue weighted by Gasteiger charge is -2.25. The molecule has 23 heavy (non-hydrogen) atoms. The lowest BCUT2D eigenvalue weighted by molar-refractivity contribution is 0.264. The van der Waals surface area contributed by atoms with Gasteiger partial charge in [0.1, 0.15) is 11.6 Å². The van der Waals surface area contributed by atoms with Crippen LogP contribution >= 0.6 is 0 Å². The molecule has 0 saturated heterocycles. The molecule has 0 aromatic heterocycles. The van der Waals surface area contributed by atoms with Crippen LogP contribution in [0, 0.1) is 17.6 Å². The first-order valence-corrected chi connectivity index (χ1v) is 8.13. The van der Waals surface area contributed by atoms with Crippen LogP contribution in [0.2, 0.25) is 0 Å². The summed E-state index contributed by atoms with van der Waals surface area (Å²) in [7, 11) is 4.16. The van der Waals surface area contributed by atoms with Gasteiger partial charge >= 0.3 is 0 Å². The van der Waals surface area contributed by atoms with Gasteiger partial charge in [-0.2, -0.15) is 0 Å². The van der Waals surface area contributed by atoms with E-state index < -0.39 is 11.6 Å². The molecule has 0 amide bonds. The quantitative estimate of drug-likeness (QED) is 0.597. The predicted octanol–water partition coefficient (Wildman–Crippen LogP) is 2.36. The topological polar surface area (TPSA) is 39.7 Å². The standard InChI is InChI=1S/C17H26F2N4/c1-4-20-17(22-11-16(23(2)3)12-5-6-12)21-10-13-9-14(18)7-8-15(13)19/h7-9,12,16H,4-6,10-11H2,1-3H3,(H2,20,21,22). The molecule has 1 aromatic rings. The third kappa shape index (κ3) is 5.46. The van der Waals surface area contributed by atoms with E-state index in [0.717, 1.165) is 24.6 Å². The van der Waals surface area contributed by atoms with E-state index in [4.69, 9.17) is 0 Å². The molecule has 1 unspecified atom stereocenters. The summed E-state index contributed by atoms with van der Waals surface area (Å²) >= 11 is 0. The van der Waals surface area contributed by atoms with Crippen molar-refractivity contribution in [3.05, 3.63) is 35.4 Å². The van der Waals surface area contributed by atoms with E-state index >= 15 is 0 Å². The monoisotopic (exact) mass is 324 g/mol. The summed E-state index contributed by atoms with van der Waals surface area (Å²) in [4.78, 5) is 6.59. The Kier molecular flexibility index (Phi) is 6.33. The van der Waals surface area contributed by atoms with E-state index in [9.17, 15) is 8.78 Å². The van der Waals surface area contributed by atoms with Crippen molar-refractivity contribution in [2.75, 3.05) is 27.2 Å². The zero-order valence-electron chi connectivity index (χ0n) is 14.1. The molecule has 1 fully saturated rings. The minimum atomic E-state index is -0.448. The Balaban J connectivity index is 1.97. The number of halogens is 2. The summed E-state index contributed by atoms with van der Waals surface area (Å²) in [6.07, 6.45) is 2.54. The molecule has 2 rings (SSSR count). The first-order valence-electron chi connectivity index (χ1n) is 8.13. The molecule has 128 valence electrons. The summed E-state index contributed by atoms with van der Waals surface area (Å²) in [5.74, 6) is 0.482. The van der Waals surface area contributed by atoms with Gasteiger partial charge in [-0.1, -0.05) is 0 Å². The second kappa shape index (κ2) is 8.24. The van der Waals surface area contributed by atoms with Crippen LogP contribution in [-0.4, -0.2) is 44.1 Å². The minimum Gasteiger partial charge on any atom is -0.357 e. The molecule has 1 atom stereocenters. The predicted molar refractivity (Wildman–Crippen MR) is 89.4 cm³/mol. The molecule has 0 bridgehead atoms. The van der Waals surface area contributed by atoms with Gasteiger partial charge in [0, 0.05) is 24.7 Å². The summed E-state index contributed by atoms with van der Waals surface area (Å²) < 4.78 is 26.9. The Labute approximate surface area is 137 Å². The second-order valence-corrected chi connectivity index (χ2v) is 6.18.